The second kappa shape index (κ2) is 7.33. The van der Waals surface area contributed by atoms with Crippen LogP contribution in [0.4, 0.5) is 0 Å². The van der Waals surface area contributed by atoms with Gasteiger partial charge in [0.05, 0.1) is 17.2 Å². The Balaban J connectivity index is 1.46. The average Bonchev–Trinajstić information content (AvgIpc) is 2.95. The molecule has 3 rings (SSSR count). The predicted octanol–water partition coefficient (Wildman–Crippen LogP) is 1.13. The molecule has 1 aliphatic heterocycles. The van der Waals surface area contributed by atoms with E-state index in [-0.39, 0.29) is 5.56 Å². The van der Waals surface area contributed by atoms with Crippen LogP contribution in [-0.2, 0) is 13.1 Å². The SMILES string of the molecule is Cc1ccc(=O)n(CCN2CCN(Cc3cnc(C)s3)CC2)n1. The van der Waals surface area contributed by atoms with Gasteiger partial charge in [-0.05, 0) is 19.9 Å². The Labute approximate surface area is 140 Å². The van der Waals surface area contributed by atoms with Crippen molar-refractivity contribution in [3.8, 4) is 0 Å². The van der Waals surface area contributed by atoms with Crippen molar-refractivity contribution in [3.05, 3.63) is 44.3 Å². The van der Waals surface area contributed by atoms with Crippen molar-refractivity contribution in [3.63, 3.8) is 0 Å². The van der Waals surface area contributed by atoms with E-state index < -0.39 is 0 Å². The molecule has 0 atom stereocenters. The Bertz CT molecular complexity index is 702. The van der Waals surface area contributed by atoms with Crippen molar-refractivity contribution in [1.29, 1.82) is 0 Å². The molecule has 0 bridgehead atoms. The van der Waals surface area contributed by atoms with Crippen LogP contribution in [0.1, 0.15) is 15.6 Å². The number of thiazole rings is 1. The van der Waals surface area contributed by atoms with Gasteiger partial charge in [-0.2, -0.15) is 5.10 Å². The molecule has 0 aliphatic carbocycles. The first-order chi connectivity index (χ1) is 11.1. The molecule has 2 aromatic heterocycles. The highest BCUT2D eigenvalue weighted by Gasteiger charge is 2.17. The lowest BCUT2D eigenvalue weighted by Gasteiger charge is -2.34. The topological polar surface area (TPSA) is 54.3 Å². The lowest BCUT2D eigenvalue weighted by Crippen LogP contribution is -2.47. The average molecular weight is 333 g/mol. The summed E-state index contributed by atoms with van der Waals surface area (Å²) < 4.78 is 1.57. The zero-order valence-corrected chi connectivity index (χ0v) is 14.6. The summed E-state index contributed by atoms with van der Waals surface area (Å²) in [4.78, 5) is 22.3. The summed E-state index contributed by atoms with van der Waals surface area (Å²) in [6.45, 7) is 10.7. The minimum atomic E-state index is -0.0187. The minimum Gasteiger partial charge on any atom is -0.299 e. The maximum atomic E-state index is 11.8. The van der Waals surface area contributed by atoms with Crippen LogP contribution < -0.4 is 5.56 Å². The molecular weight excluding hydrogens is 310 g/mol. The van der Waals surface area contributed by atoms with Crippen molar-refractivity contribution in [1.82, 2.24) is 24.6 Å². The van der Waals surface area contributed by atoms with Crippen LogP contribution >= 0.6 is 11.3 Å². The van der Waals surface area contributed by atoms with Crippen LogP contribution in [0.3, 0.4) is 0 Å². The molecule has 0 radical (unpaired) electrons. The third-order valence-corrected chi connectivity index (χ3v) is 5.04. The number of aromatic nitrogens is 3. The second-order valence-electron chi connectivity index (χ2n) is 6.00. The van der Waals surface area contributed by atoms with Gasteiger partial charge in [-0.15, -0.1) is 11.3 Å². The molecule has 1 fully saturated rings. The van der Waals surface area contributed by atoms with Crippen molar-refractivity contribution >= 4 is 11.3 Å². The van der Waals surface area contributed by atoms with Crippen LogP contribution in [0.5, 0.6) is 0 Å². The van der Waals surface area contributed by atoms with Gasteiger partial charge in [0.2, 0.25) is 0 Å². The third kappa shape index (κ3) is 4.46. The Kier molecular flexibility index (Phi) is 5.20. The fourth-order valence-electron chi connectivity index (χ4n) is 2.82. The quantitative estimate of drug-likeness (QED) is 0.821. The summed E-state index contributed by atoms with van der Waals surface area (Å²) in [6.07, 6.45) is 1.99. The first-order valence-electron chi connectivity index (χ1n) is 8.01. The van der Waals surface area contributed by atoms with Gasteiger partial charge in [0, 0.05) is 56.4 Å². The smallest absolute Gasteiger partial charge is 0.266 e. The van der Waals surface area contributed by atoms with E-state index in [1.54, 1.807) is 28.2 Å². The highest BCUT2D eigenvalue weighted by molar-refractivity contribution is 7.11. The van der Waals surface area contributed by atoms with Crippen LogP contribution in [0, 0.1) is 13.8 Å². The Morgan fingerprint density at radius 3 is 2.52 bits per heavy atom. The molecule has 0 unspecified atom stereocenters. The molecule has 0 amide bonds. The zero-order valence-electron chi connectivity index (χ0n) is 13.7. The molecule has 0 saturated carbocycles. The summed E-state index contributed by atoms with van der Waals surface area (Å²) >= 11 is 1.78. The van der Waals surface area contributed by atoms with E-state index in [0.717, 1.165) is 50.0 Å². The number of piperazine rings is 1. The molecule has 3 heterocycles. The standard InChI is InChI=1S/C16H23N5OS/c1-13-3-4-16(22)21(18-13)10-9-19-5-7-20(8-6-19)12-15-11-17-14(2)23-15/h3-4,11H,5-10,12H2,1-2H3. The van der Waals surface area contributed by atoms with Crippen molar-refractivity contribution in [2.24, 2.45) is 0 Å². The maximum absolute atomic E-state index is 11.8. The summed E-state index contributed by atoms with van der Waals surface area (Å²) in [6, 6.07) is 3.36. The molecule has 1 saturated heterocycles. The first kappa shape index (κ1) is 16.3. The Morgan fingerprint density at radius 1 is 1.09 bits per heavy atom. The van der Waals surface area contributed by atoms with E-state index in [2.05, 4.69) is 19.9 Å². The molecule has 23 heavy (non-hydrogen) atoms. The fraction of sp³-hybridized carbons (Fsp3) is 0.562. The maximum Gasteiger partial charge on any atom is 0.266 e. The predicted molar refractivity (Wildman–Crippen MR) is 91.8 cm³/mol. The number of hydrogen-bond acceptors (Lipinski definition) is 6. The van der Waals surface area contributed by atoms with Crippen molar-refractivity contribution < 1.29 is 0 Å². The van der Waals surface area contributed by atoms with Gasteiger partial charge in [-0.3, -0.25) is 14.6 Å². The zero-order chi connectivity index (χ0) is 16.2. The molecule has 7 heteroatoms. The number of hydrogen-bond donors (Lipinski definition) is 0. The lowest BCUT2D eigenvalue weighted by molar-refractivity contribution is 0.123. The van der Waals surface area contributed by atoms with Crippen LogP contribution in [0.25, 0.3) is 0 Å². The molecule has 1 aliphatic rings. The number of rotatable bonds is 5. The van der Waals surface area contributed by atoms with Crippen LogP contribution in [0.2, 0.25) is 0 Å². The van der Waals surface area contributed by atoms with E-state index in [9.17, 15) is 4.79 Å². The van der Waals surface area contributed by atoms with Crippen molar-refractivity contribution in [2.45, 2.75) is 26.9 Å². The second-order valence-corrected chi connectivity index (χ2v) is 7.32. The van der Waals surface area contributed by atoms with Gasteiger partial charge in [0.25, 0.3) is 5.56 Å². The van der Waals surface area contributed by atoms with E-state index >= 15 is 0 Å². The molecule has 0 aromatic carbocycles. The third-order valence-electron chi connectivity index (χ3n) is 4.14. The summed E-state index contributed by atoms with van der Waals surface area (Å²) in [5.74, 6) is 0. The van der Waals surface area contributed by atoms with E-state index in [1.165, 1.54) is 4.88 Å². The molecular formula is C16H23N5OS. The van der Waals surface area contributed by atoms with Gasteiger partial charge < -0.3 is 0 Å². The van der Waals surface area contributed by atoms with Gasteiger partial charge in [0.1, 0.15) is 0 Å². The Hall–Kier alpha value is -1.57. The highest BCUT2D eigenvalue weighted by Crippen LogP contribution is 2.15. The monoisotopic (exact) mass is 333 g/mol. The molecule has 2 aromatic rings. The van der Waals surface area contributed by atoms with Gasteiger partial charge in [-0.1, -0.05) is 0 Å². The van der Waals surface area contributed by atoms with Crippen LogP contribution in [0.15, 0.2) is 23.1 Å². The molecule has 0 spiro atoms. The number of nitrogens with zero attached hydrogens (tertiary/aromatic N) is 5. The normalized spacial score (nSPS) is 16.8. The summed E-state index contributed by atoms with van der Waals surface area (Å²) in [5, 5.41) is 5.43. The van der Waals surface area contributed by atoms with Crippen LogP contribution in [-0.4, -0.2) is 57.3 Å². The fourth-order valence-corrected chi connectivity index (χ4v) is 3.65. The van der Waals surface area contributed by atoms with E-state index in [4.69, 9.17) is 0 Å². The summed E-state index contributed by atoms with van der Waals surface area (Å²) in [7, 11) is 0. The number of aryl methyl sites for hydroxylation is 2. The van der Waals surface area contributed by atoms with E-state index in [0.29, 0.717) is 6.54 Å². The largest absolute Gasteiger partial charge is 0.299 e. The molecule has 6 nitrogen and oxygen atoms in total. The van der Waals surface area contributed by atoms with Gasteiger partial charge in [0.15, 0.2) is 0 Å². The van der Waals surface area contributed by atoms with Crippen molar-refractivity contribution in [2.75, 3.05) is 32.7 Å². The molecule has 124 valence electrons. The summed E-state index contributed by atoms with van der Waals surface area (Å²) in [5.41, 5.74) is 0.865. The minimum absolute atomic E-state index is 0.0187. The van der Waals surface area contributed by atoms with E-state index in [1.807, 2.05) is 20.0 Å². The molecule has 0 N–H and O–H groups in total. The van der Waals surface area contributed by atoms with Gasteiger partial charge >= 0.3 is 0 Å². The Morgan fingerprint density at radius 2 is 1.83 bits per heavy atom. The highest BCUT2D eigenvalue weighted by atomic mass is 32.1. The van der Waals surface area contributed by atoms with Gasteiger partial charge in [-0.25, -0.2) is 9.67 Å². The first-order valence-corrected chi connectivity index (χ1v) is 8.82. The lowest BCUT2D eigenvalue weighted by atomic mass is 10.3.